The van der Waals surface area contributed by atoms with Crippen molar-refractivity contribution in [3.05, 3.63) is 12.2 Å². The Kier molecular flexibility index (Phi) is 41.6. The molecule has 0 heterocycles. The Labute approximate surface area is 336 Å². The normalized spacial score (nSPS) is 12.9. The molecule has 0 aliphatic carbocycles. The van der Waals surface area contributed by atoms with Gasteiger partial charge in [0.15, 0.2) is 0 Å². The van der Waals surface area contributed by atoms with E-state index in [9.17, 15) is 14.7 Å². The average Bonchev–Trinajstić information content (AvgIpc) is 3.17. The summed E-state index contributed by atoms with van der Waals surface area (Å²) in [7, 11) is 0. The monoisotopic (exact) mass is 764 g/mol. The largest absolute Gasteiger partial charge is 0.465 e. The summed E-state index contributed by atoms with van der Waals surface area (Å²) in [6.45, 7) is 13.3. The average molecular weight is 764 g/mol. The van der Waals surface area contributed by atoms with Crippen molar-refractivity contribution in [2.24, 2.45) is 11.8 Å². The van der Waals surface area contributed by atoms with Crippen LogP contribution in [0.4, 0.5) is 0 Å². The molecule has 6 heteroatoms. The summed E-state index contributed by atoms with van der Waals surface area (Å²) >= 11 is 0. The Balaban J connectivity index is 4.45. The van der Waals surface area contributed by atoms with Crippen LogP contribution < -0.4 is 0 Å². The van der Waals surface area contributed by atoms with Gasteiger partial charge in [-0.2, -0.15) is 0 Å². The highest BCUT2D eigenvalue weighted by atomic mass is 16.5. The van der Waals surface area contributed by atoms with E-state index >= 15 is 0 Å². The molecule has 0 aromatic heterocycles. The van der Waals surface area contributed by atoms with E-state index in [1.807, 2.05) is 0 Å². The van der Waals surface area contributed by atoms with Gasteiger partial charge in [0.1, 0.15) is 0 Å². The third kappa shape index (κ3) is 35.0. The lowest BCUT2D eigenvalue weighted by Gasteiger charge is -2.21. The Morgan fingerprint density at radius 3 is 1.30 bits per heavy atom. The Hall–Kier alpha value is -1.40. The highest BCUT2D eigenvalue weighted by Gasteiger charge is 2.20. The fraction of sp³-hybridized carbons (Fsp3) is 0.917. The highest BCUT2D eigenvalue weighted by molar-refractivity contribution is 5.72. The van der Waals surface area contributed by atoms with Gasteiger partial charge in [-0.15, -0.1) is 0 Å². The molecule has 0 aromatic rings. The lowest BCUT2D eigenvalue weighted by molar-refractivity contribution is -0.150. The van der Waals surface area contributed by atoms with Crippen molar-refractivity contribution >= 4 is 11.9 Å². The Bertz CT molecular complexity index is 817. The van der Waals surface area contributed by atoms with Crippen LogP contribution in [0.3, 0.4) is 0 Å². The van der Waals surface area contributed by atoms with E-state index in [2.05, 4.69) is 44.7 Å². The van der Waals surface area contributed by atoms with E-state index in [1.165, 1.54) is 103 Å². The lowest BCUT2D eigenvalue weighted by atomic mass is 9.94. The van der Waals surface area contributed by atoms with Crippen molar-refractivity contribution in [3.8, 4) is 0 Å². The minimum absolute atomic E-state index is 0.0205. The van der Waals surface area contributed by atoms with E-state index in [0.29, 0.717) is 13.2 Å². The second kappa shape index (κ2) is 42.7. The van der Waals surface area contributed by atoms with Gasteiger partial charge in [0.25, 0.3) is 0 Å². The quantitative estimate of drug-likeness (QED) is 0.0379. The van der Waals surface area contributed by atoms with Crippen LogP contribution >= 0.6 is 0 Å². The van der Waals surface area contributed by atoms with Crippen LogP contribution in [0.25, 0.3) is 0 Å². The summed E-state index contributed by atoms with van der Waals surface area (Å²) in [5.74, 6) is 0.220. The predicted octanol–water partition coefficient (Wildman–Crippen LogP) is 13.7. The first-order chi connectivity index (χ1) is 26.5. The molecule has 0 bridgehead atoms. The van der Waals surface area contributed by atoms with Crippen LogP contribution in [0.5, 0.6) is 0 Å². The fourth-order valence-corrected chi connectivity index (χ4v) is 7.44. The number of aliphatic hydroxyl groups excluding tert-OH is 1. The van der Waals surface area contributed by atoms with Gasteiger partial charge in [0.2, 0.25) is 0 Å². The van der Waals surface area contributed by atoms with Crippen molar-refractivity contribution in [1.29, 1.82) is 0 Å². The summed E-state index contributed by atoms with van der Waals surface area (Å²) < 4.78 is 11.6. The number of carbonyl (C=O) groups excluding carboxylic acids is 2. The van der Waals surface area contributed by atoms with Gasteiger partial charge in [-0.05, 0) is 77.3 Å². The molecule has 0 spiro atoms. The number of esters is 2. The minimum Gasteiger partial charge on any atom is -0.465 e. The molecule has 1 N–H and O–H groups in total. The third-order valence-corrected chi connectivity index (χ3v) is 11.1. The standard InChI is InChI=1S/C48H93NO5/c1-5-9-13-17-19-27-37-45(35-25-15-11-7-3)47(51)53-43-33-23-21-29-39-49(41-31-32-42-50)40-30-22-24-34-44-54-48(52)46(36-26-16-12-8-4)38-28-20-18-14-10-6-2/h21,23,45-46,50H,5-20,22,24-44H2,1-4H3/b23-21-. The maximum Gasteiger partial charge on any atom is 0.308 e. The highest BCUT2D eigenvalue weighted by Crippen LogP contribution is 2.22. The van der Waals surface area contributed by atoms with Gasteiger partial charge in [-0.3, -0.25) is 9.59 Å². The summed E-state index contributed by atoms with van der Waals surface area (Å²) in [6.07, 6.45) is 41.1. The number of unbranched alkanes of at least 4 members (excludes halogenated alkanes) is 20. The van der Waals surface area contributed by atoms with Crippen LogP contribution in [0, 0.1) is 11.8 Å². The molecule has 0 aliphatic heterocycles. The second-order valence-electron chi connectivity index (χ2n) is 16.3. The molecule has 0 saturated carbocycles. The smallest absolute Gasteiger partial charge is 0.308 e. The van der Waals surface area contributed by atoms with Gasteiger partial charge >= 0.3 is 11.9 Å². The Morgan fingerprint density at radius 1 is 0.444 bits per heavy atom. The van der Waals surface area contributed by atoms with E-state index in [-0.39, 0.29) is 30.4 Å². The van der Waals surface area contributed by atoms with E-state index < -0.39 is 0 Å². The zero-order chi connectivity index (χ0) is 39.6. The van der Waals surface area contributed by atoms with Crippen molar-refractivity contribution in [1.82, 2.24) is 4.90 Å². The van der Waals surface area contributed by atoms with Crippen molar-refractivity contribution < 1.29 is 24.2 Å². The summed E-state index contributed by atoms with van der Waals surface area (Å²) in [5, 5.41) is 9.31. The number of ether oxygens (including phenoxy) is 2. The number of aliphatic hydroxyl groups is 1. The minimum atomic E-state index is 0.0205. The molecule has 0 radical (unpaired) electrons. The number of rotatable bonds is 43. The molecule has 0 aliphatic rings. The summed E-state index contributed by atoms with van der Waals surface area (Å²) in [6, 6.07) is 0. The number of nitrogens with zero attached hydrogens (tertiary/aromatic N) is 1. The van der Waals surface area contributed by atoms with E-state index in [0.717, 1.165) is 122 Å². The van der Waals surface area contributed by atoms with E-state index in [1.54, 1.807) is 0 Å². The fourth-order valence-electron chi connectivity index (χ4n) is 7.44. The summed E-state index contributed by atoms with van der Waals surface area (Å²) in [4.78, 5) is 28.4. The van der Waals surface area contributed by atoms with E-state index in [4.69, 9.17) is 9.47 Å². The first kappa shape index (κ1) is 52.6. The van der Waals surface area contributed by atoms with Gasteiger partial charge < -0.3 is 19.5 Å². The van der Waals surface area contributed by atoms with Crippen molar-refractivity contribution in [3.63, 3.8) is 0 Å². The van der Waals surface area contributed by atoms with Gasteiger partial charge in [-0.1, -0.05) is 181 Å². The maximum absolute atomic E-state index is 13.0. The first-order valence-electron chi connectivity index (χ1n) is 23.8. The molecule has 2 atom stereocenters. The SMILES string of the molecule is CCCCCCCCC(CCCCCC)C(=O)OCC/C=C\CCN(CCCCO)CCCCCCOC(=O)C(CCCCCC)CCCCCCCC. The topological polar surface area (TPSA) is 76.1 Å². The third-order valence-electron chi connectivity index (χ3n) is 11.1. The van der Waals surface area contributed by atoms with Crippen LogP contribution in [-0.2, 0) is 19.1 Å². The van der Waals surface area contributed by atoms with Crippen molar-refractivity contribution in [2.75, 3.05) is 39.5 Å². The van der Waals surface area contributed by atoms with Gasteiger partial charge in [0.05, 0.1) is 25.0 Å². The molecule has 0 saturated heterocycles. The molecule has 0 fully saturated rings. The van der Waals surface area contributed by atoms with Gasteiger partial charge in [-0.25, -0.2) is 0 Å². The zero-order valence-corrected chi connectivity index (χ0v) is 36.7. The van der Waals surface area contributed by atoms with Crippen molar-refractivity contribution in [2.45, 2.75) is 233 Å². The molecular formula is C48H93NO5. The first-order valence-corrected chi connectivity index (χ1v) is 23.8. The number of hydrogen-bond acceptors (Lipinski definition) is 6. The molecule has 2 unspecified atom stereocenters. The lowest BCUT2D eigenvalue weighted by Crippen LogP contribution is -2.27. The molecule has 0 rings (SSSR count). The van der Waals surface area contributed by atoms with Crippen LogP contribution in [0.1, 0.15) is 233 Å². The number of hydrogen-bond donors (Lipinski definition) is 1. The number of carbonyl (C=O) groups is 2. The zero-order valence-electron chi connectivity index (χ0n) is 36.7. The molecule has 0 aromatic carbocycles. The van der Waals surface area contributed by atoms with Gasteiger partial charge in [0, 0.05) is 13.2 Å². The summed E-state index contributed by atoms with van der Waals surface area (Å²) in [5.41, 5.74) is 0. The van der Waals surface area contributed by atoms with Crippen LogP contribution in [0.15, 0.2) is 12.2 Å². The van der Waals surface area contributed by atoms with Crippen LogP contribution in [-0.4, -0.2) is 61.4 Å². The molecular weight excluding hydrogens is 671 g/mol. The molecule has 320 valence electrons. The second-order valence-corrected chi connectivity index (χ2v) is 16.3. The van der Waals surface area contributed by atoms with Crippen LogP contribution in [0.2, 0.25) is 0 Å². The predicted molar refractivity (Wildman–Crippen MR) is 232 cm³/mol. The molecule has 6 nitrogen and oxygen atoms in total. The molecule has 54 heavy (non-hydrogen) atoms. The molecule has 0 amide bonds. The maximum atomic E-state index is 13.0. The Morgan fingerprint density at radius 2 is 0.815 bits per heavy atom.